The van der Waals surface area contributed by atoms with E-state index in [0.717, 1.165) is 5.56 Å². The molecule has 0 amide bonds. The number of nitrogen functional groups attached to an aromatic ring is 1. The van der Waals surface area contributed by atoms with Crippen LogP contribution in [0.15, 0.2) is 24.8 Å². The highest BCUT2D eigenvalue weighted by Gasteiger charge is 2.17. The highest BCUT2D eigenvalue weighted by atomic mass is 15.2. The number of hydrogen-bond acceptors (Lipinski definition) is 6. The largest absolute Gasteiger partial charge is 0.384 e. The summed E-state index contributed by atoms with van der Waals surface area (Å²) < 4.78 is 0. The molecule has 1 atom stereocenters. The Morgan fingerprint density at radius 1 is 1.33 bits per heavy atom. The van der Waals surface area contributed by atoms with Crippen LogP contribution in [-0.4, -0.2) is 20.2 Å². The van der Waals surface area contributed by atoms with Crippen LogP contribution in [0.5, 0.6) is 0 Å². The predicted molar refractivity (Wildman–Crippen MR) is 54.2 cm³/mol. The van der Waals surface area contributed by atoms with E-state index in [1.54, 1.807) is 24.8 Å². The number of nitrogens with zero attached hydrogens (tertiary/aromatic N) is 3. The average Bonchev–Trinajstić information content (AvgIpc) is 2.68. The Morgan fingerprint density at radius 2 is 2.20 bits per heavy atom. The molecule has 7 heteroatoms. The second-order valence-electron chi connectivity index (χ2n) is 2.97. The van der Waals surface area contributed by atoms with Gasteiger partial charge in [-0.3, -0.25) is 20.9 Å². The molecule has 2 heterocycles. The molecular formula is C8H11N7. The van der Waals surface area contributed by atoms with Crippen molar-refractivity contribution >= 4 is 5.82 Å². The summed E-state index contributed by atoms with van der Waals surface area (Å²) >= 11 is 0. The third-order valence-corrected chi connectivity index (χ3v) is 2.06. The van der Waals surface area contributed by atoms with E-state index in [-0.39, 0.29) is 6.04 Å². The third kappa shape index (κ3) is 1.78. The molecule has 0 spiro atoms. The molecule has 0 saturated heterocycles. The highest BCUT2D eigenvalue weighted by Crippen LogP contribution is 2.21. The van der Waals surface area contributed by atoms with Gasteiger partial charge in [0.25, 0.3) is 0 Å². The Labute approximate surface area is 85.9 Å². The van der Waals surface area contributed by atoms with E-state index in [1.807, 2.05) is 0 Å². The molecule has 0 aliphatic heterocycles. The molecule has 2 rings (SSSR count). The van der Waals surface area contributed by atoms with Crippen molar-refractivity contribution in [3.8, 4) is 0 Å². The van der Waals surface area contributed by atoms with Crippen LogP contribution < -0.4 is 17.0 Å². The minimum atomic E-state index is -0.308. The van der Waals surface area contributed by atoms with Crippen molar-refractivity contribution in [1.29, 1.82) is 0 Å². The van der Waals surface area contributed by atoms with Crippen molar-refractivity contribution in [3.05, 3.63) is 36.0 Å². The quantitative estimate of drug-likeness (QED) is 0.390. The fourth-order valence-electron chi connectivity index (χ4n) is 1.33. The lowest BCUT2D eigenvalue weighted by Gasteiger charge is -2.13. The zero-order valence-corrected chi connectivity index (χ0v) is 7.88. The van der Waals surface area contributed by atoms with Crippen LogP contribution in [0.4, 0.5) is 5.82 Å². The first-order valence-electron chi connectivity index (χ1n) is 4.33. The minimum Gasteiger partial charge on any atom is -0.384 e. The van der Waals surface area contributed by atoms with Gasteiger partial charge in [-0.2, -0.15) is 5.10 Å². The lowest BCUT2D eigenvalue weighted by Crippen LogP contribution is -2.29. The highest BCUT2D eigenvalue weighted by molar-refractivity contribution is 5.42. The first-order valence-corrected chi connectivity index (χ1v) is 4.33. The SMILES string of the molecule is NNC(c1cnccn1)c1cn[nH]c1N. The van der Waals surface area contributed by atoms with Crippen molar-refractivity contribution in [2.75, 3.05) is 5.73 Å². The molecule has 0 saturated carbocycles. The fourth-order valence-corrected chi connectivity index (χ4v) is 1.33. The molecule has 0 aliphatic carbocycles. The molecule has 0 aliphatic rings. The molecule has 0 radical (unpaired) electrons. The van der Waals surface area contributed by atoms with Crippen LogP contribution >= 0.6 is 0 Å². The second-order valence-corrected chi connectivity index (χ2v) is 2.97. The molecule has 7 nitrogen and oxygen atoms in total. The van der Waals surface area contributed by atoms with Gasteiger partial charge in [0, 0.05) is 18.0 Å². The summed E-state index contributed by atoms with van der Waals surface area (Å²) in [5, 5.41) is 6.46. The van der Waals surface area contributed by atoms with Gasteiger partial charge in [0.15, 0.2) is 0 Å². The smallest absolute Gasteiger partial charge is 0.124 e. The Balaban J connectivity index is 2.37. The number of nitrogens with two attached hydrogens (primary N) is 2. The zero-order chi connectivity index (χ0) is 10.7. The summed E-state index contributed by atoms with van der Waals surface area (Å²) in [6.45, 7) is 0. The normalized spacial score (nSPS) is 12.6. The standard InChI is InChI=1S/C8H11N7/c9-8-5(3-13-15-8)7(14-10)6-4-11-1-2-12-6/h1-4,7,14H,10H2,(H3,9,13,15). The average molecular weight is 205 g/mol. The van der Waals surface area contributed by atoms with E-state index < -0.39 is 0 Å². The molecule has 6 N–H and O–H groups in total. The van der Waals surface area contributed by atoms with Gasteiger partial charge in [-0.15, -0.1) is 0 Å². The molecule has 0 fully saturated rings. The van der Waals surface area contributed by atoms with Crippen molar-refractivity contribution in [2.24, 2.45) is 5.84 Å². The summed E-state index contributed by atoms with van der Waals surface area (Å²) in [6.07, 6.45) is 6.41. The predicted octanol–water partition coefficient (Wildman–Crippen LogP) is -0.665. The van der Waals surface area contributed by atoms with Crippen LogP contribution in [0.3, 0.4) is 0 Å². The van der Waals surface area contributed by atoms with E-state index >= 15 is 0 Å². The van der Waals surface area contributed by atoms with Gasteiger partial charge in [0.05, 0.1) is 24.1 Å². The van der Waals surface area contributed by atoms with Gasteiger partial charge in [-0.05, 0) is 0 Å². The molecule has 2 aromatic rings. The van der Waals surface area contributed by atoms with Crippen molar-refractivity contribution in [3.63, 3.8) is 0 Å². The van der Waals surface area contributed by atoms with E-state index in [9.17, 15) is 0 Å². The monoisotopic (exact) mass is 205 g/mol. The first kappa shape index (κ1) is 9.56. The van der Waals surface area contributed by atoms with E-state index in [2.05, 4.69) is 25.6 Å². The topological polar surface area (TPSA) is 119 Å². The maximum Gasteiger partial charge on any atom is 0.124 e. The van der Waals surface area contributed by atoms with Gasteiger partial charge in [0.1, 0.15) is 5.82 Å². The van der Waals surface area contributed by atoms with E-state index in [0.29, 0.717) is 11.5 Å². The Kier molecular flexibility index (Phi) is 2.57. The van der Waals surface area contributed by atoms with Crippen LogP contribution in [0.2, 0.25) is 0 Å². The Bertz CT molecular complexity index is 424. The zero-order valence-electron chi connectivity index (χ0n) is 7.88. The van der Waals surface area contributed by atoms with Crippen LogP contribution in [0.1, 0.15) is 17.3 Å². The molecule has 0 aromatic carbocycles. The van der Waals surface area contributed by atoms with Crippen LogP contribution in [0.25, 0.3) is 0 Å². The van der Waals surface area contributed by atoms with Gasteiger partial charge in [-0.1, -0.05) is 0 Å². The summed E-state index contributed by atoms with van der Waals surface area (Å²) in [5.41, 5.74) is 9.75. The molecule has 78 valence electrons. The number of hydrazine groups is 1. The van der Waals surface area contributed by atoms with Gasteiger partial charge < -0.3 is 5.73 Å². The molecule has 15 heavy (non-hydrogen) atoms. The molecule has 0 bridgehead atoms. The summed E-state index contributed by atoms with van der Waals surface area (Å²) in [5.74, 6) is 5.91. The van der Waals surface area contributed by atoms with E-state index in [4.69, 9.17) is 11.6 Å². The lowest BCUT2D eigenvalue weighted by molar-refractivity contribution is 0.619. The number of anilines is 1. The van der Waals surface area contributed by atoms with Gasteiger partial charge >= 0.3 is 0 Å². The maximum atomic E-state index is 5.69. The van der Waals surface area contributed by atoms with Crippen molar-refractivity contribution in [2.45, 2.75) is 6.04 Å². The maximum absolute atomic E-state index is 5.69. The molecule has 1 unspecified atom stereocenters. The second kappa shape index (κ2) is 4.03. The number of aromatic nitrogens is 4. The van der Waals surface area contributed by atoms with Crippen molar-refractivity contribution in [1.82, 2.24) is 25.6 Å². The van der Waals surface area contributed by atoms with E-state index in [1.165, 1.54) is 0 Å². The Morgan fingerprint density at radius 3 is 2.73 bits per heavy atom. The number of H-pyrrole nitrogens is 1. The minimum absolute atomic E-state index is 0.308. The fraction of sp³-hybridized carbons (Fsp3) is 0.125. The summed E-state index contributed by atoms with van der Waals surface area (Å²) in [4.78, 5) is 8.11. The van der Waals surface area contributed by atoms with Crippen molar-refractivity contribution < 1.29 is 0 Å². The first-order chi connectivity index (χ1) is 7.33. The van der Waals surface area contributed by atoms with Gasteiger partial charge in [0.2, 0.25) is 0 Å². The Hall–Kier alpha value is -1.99. The number of rotatable bonds is 3. The number of nitrogens with one attached hydrogen (secondary N) is 2. The molecule has 2 aromatic heterocycles. The molecular weight excluding hydrogens is 194 g/mol. The summed E-state index contributed by atoms with van der Waals surface area (Å²) in [7, 11) is 0. The van der Waals surface area contributed by atoms with Crippen LogP contribution in [-0.2, 0) is 0 Å². The number of aromatic amines is 1. The van der Waals surface area contributed by atoms with Gasteiger partial charge in [-0.25, -0.2) is 5.43 Å². The number of hydrogen-bond donors (Lipinski definition) is 4. The lowest BCUT2D eigenvalue weighted by atomic mass is 10.1. The summed E-state index contributed by atoms with van der Waals surface area (Å²) in [6, 6.07) is -0.308. The third-order valence-electron chi connectivity index (χ3n) is 2.06. The van der Waals surface area contributed by atoms with Crippen LogP contribution in [0, 0.1) is 0 Å².